The van der Waals surface area contributed by atoms with Crippen molar-refractivity contribution in [1.29, 1.82) is 0 Å². The summed E-state index contributed by atoms with van der Waals surface area (Å²) < 4.78 is 12.3. The Hall–Kier alpha value is -0.340. The third-order valence-electron chi connectivity index (χ3n) is 1.37. The molecule has 0 aliphatic heterocycles. The van der Waals surface area contributed by atoms with Gasteiger partial charge >= 0.3 is 0 Å². The summed E-state index contributed by atoms with van der Waals surface area (Å²) in [6.07, 6.45) is 2.19. The van der Waals surface area contributed by atoms with E-state index in [0.29, 0.717) is 6.29 Å². The molecule has 0 radical (unpaired) electrons. The van der Waals surface area contributed by atoms with Crippen molar-refractivity contribution < 1.29 is 4.57 Å². The summed E-state index contributed by atoms with van der Waals surface area (Å²) >= 11 is 3.29. The third-order valence-corrected chi connectivity index (χ3v) is 2.76. The summed E-state index contributed by atoms with van der Waals surface area (Å²) in [5.74, 6) is 0.757. The van der Waals surface area contributed by atoms with E-state index in [1.165, 1.54) is 0 Å². The van der Waals surface area contributed by atoms with Gasteiger partial charge in [-0.25, -0.2) is 4.98 Å². The molecule has 0 unspecified atom stereocenters. The highest BCUT2D eigenvalue weighted by Gasteiger charge is 2.05. The van der Waals surface area contributed by atoms with Crippen LogP contribution in [0.5, 0.6) is 0 Å². The summed E-state index contributed by atoms with van der Waals surface area (Å²) in [6, 6.07) is 3.74. The zero-order valence-electron chi connectivity index (χ0n) is 7.62. The molecule has 0 saturated carbocycles. The van der Waals surface area contributed by atoms with Crippen molar-refractivity contribution in [3.63, 3.8) is 0 Å². The Bertz CT molecular complexity index is 319. The fourth-order valence-electron chi connectivity index (χ4n) is 0.752. The van der Waals surface area contributed by atoms with E-state index in [1.807, 2.05) is 12.1 Å². The van der Waals surface area contributed by atoms with Gasteiger partial charge in [0.15, 0.2) is 0 Å². The highest BCUT2D eigenvalue weighted by Crippen LogP contribution is 2.34. The molecule has 5 heteroatoms. The molecule has 0 aromatic carbocycles. The second kappa shape index (κ2) is 4.25. The van der Waals surface area contributed by atoms with Gasteiger partial charge in [0.2, 0.25) is 0 Å². The van der Waals surface area contributed by atoms with E-state index >= 15 is 0 Å². The number of hydrogen-bond donors (Lipinski definition) is 1. The molecule has 13 heavy (non-hydrogen) atoms. The molecule has 1 N–H and O–H groups in total. The maximum atomic E-state index is 11.4. The lowest BCUT2D eigenvalue weighted by atomic mass is 10.5. The Labute approximate surface area is 86.5 Å². The molecule has 1 aromatic rings. The number of nitrogens with one attached hydrogen (secondary N) is 1. The van der Waals surface area contributed by atoms with Gasteiger partial charge in [-0.3, -0.25) is 0 Å². The van der Waals surface area contributed by atoms with Crippen LogP contribution in [0.2, 0.25) is 0 Å². The zero-order chi connectivity index (χ0) is 9.90. The van der Waals surface area contributed by atoms with Gasteiger partial charge in [-0.1, -0.05) is 0 Å². The first-order valence-electron chi connectivity index (χ1n) is 3.87. The smallest absolute Gasteiger partial charge is 0.126 e. The van der Waals surface area contributed by atoms with E-state index in [0.717, 1.165) is 10.3 Å². The molecule has 72 valence electrons. The molecule has 1 aromatic heterocycles. The topological polar surface area (TPSA) is 42.0 Å². The van der Waals surface area contributed by atoms with Crippen molar-refractivity contribution in [3.05, 3.63) is 22.8 Å². The van der Waals surface area contributed by atoms with Gasteiger partial charge in [-0.05, 0) is 41.4 Å². The molecule has 0 aliphatic carbocycles. The Morgan fingerprint density at radius 2 is 2.23 bits per heavy atom. The second-order valence-corrected chi connectivity index (χ2v) is 7.65. The Balaban J connectivity index is 2.56. The predicted molar refractivity (Wildman–Crippen MR) is 59.9 cm³/mol. The van der Waals surface area contributed by atoms with Crippen LogP contribution < -0.4 is 5.32 Å². The number of rotatable bonds is 3. The summed E-state index contributed by atoms with van der Waals surface area (Å²) in [7, 11) is -2.01. The molecule has 0 saturated heterocycles. The maximum Gasteiger partial charge on any atom is 0.126 e. The van der Waals surface area contributed by atoms with Gasteiger partial charge in [-0.15, -0.1) is 0 Å². The van der Waals surface area contributed by atoms with Crippen molar-refractivity contribution in [2.24, 2.45) is 0 Å². The van der Waals surface area contributed by atoms with E-state index in [-0.39, 0.29) is 0 Å². The van der Waals surface area contributed by atoms with E-state index in [2.05, 4.69) is 26.2 Å². The SMILES string of the molecule is CP(C)(=O)CNc1ccc(Br)cn1. The number of hydrogen-bond acceptors (Lipinski definition) is 3. The molecular formula is C8H12BrN2OP. The van der Waals surface area contributed by atoms with Crippen molar-refractivity contribution >= 4 is 28.9 Å². The summed E-state index contributed by atoms with van der Waals surface area (Å²) in [6.45, 7) is 3.50. The van der Waals surface area contributed by atoms with Crippen LogP contribution in [-0.4, -0.2) is 24.6 Å². The predicted octanol–water partition coefficient (Wildman–Crippen LogP) is 2.84. The van der Waals surface area contributed by atoms with Gasteiger partial charge in [0.1, 0.15) is 5.82 Å². The zero-order valence-corrected chi connectivity index (χ0v) is 10.1. The van der Waals surface area contributed by atoms with Crippen LogP contribution >= 0.6 is 23.1 Å². The summed E-state index contributed by atoms with van der Waals surface area (Å²) in [5.41, 5.74) is 0. The Morgan fingerprint density at radius 1 is 1.54 bits per heavy atom. The van der Waals surface area contributed by atoms with E-state index in [9.17, 15) is 4.57 Å². The number of halogens is 1. The standard InChI is InChI=1S/C8H12BrN2OP/c1-13(2,12)6-11-8-4-3-7(9)5-10-8/h3-5H,6H2,1-2H3,(H,10,11). The minimum Gasteiger partial charge on any atom is -0.363 e. The molecule has 1 rings (SSSR count). The Kier molecular flexibility index (Phi) is 3.51. The lowest BCUT2D eigenvalue weighted by molar-refractivity contribution is 0.583. The first kappa shape index (κ1) is 10.7. The molecule has 0 aliphatic rings. The van der Waals surface area contributed by atoms with Crippen LogP contribution in [0.25, 0.3) is 0 Å². The maximum absolute atomic E-state index is 11.4. The first-order valence-corrected chi connectivity index (χ1v) is 7.45. The summed E-state index contributed by atoms with van der Waals surface area (Å²) in [5, 5.41) is 3.02. The van der Waals surface area contributed by atoms with Crippen LogP contribution in [0.15, 0.2) is 22.8 Å². The van der Waals surface area contributed by atoms with Gasteiger partial charge in [0.25, 0.3) is 0 Å². The van der Waals surface area contributed by atoms with Crippen molar-refractivity contribution in [2.45, 2.75) is 0 Å². The van der Waals surface area contributed by atoms with Crippen LogP contribution in [0.4, 0.5) is 5.82 Å². The minimum atomic E-state index is -2.01. The quantitative estimate of drug-likeness (QED) is 0.852. The van der Waals surface area contributed by atoms with E-state index in [4.69, 9.17) is 0 Å². The molecule has 1 heterocycles. The van der Waals surface area contributed by atoms with Crippen LogP contribution in [-0.2, 0) is 4.57 Å². The lowest BCUT2D eigenvalue weighted by Gasteiger charge is -2.08. The summed E-state index contributed by atoms with van der Waals surface area (Å²) in [4.78, 5) is 4.10. The highest BCUT2D eigenvalue weighted by atomic mass is 79.9. The molecule has 0 fully saturated rings. The van der Waals surface area contributed by atoms with Crippen molar-refractivity contribution in [3.8, 4) is 0 Å². The number of anilines is 1. The number of nitrogens with zero attached hydrogens (tertiary/aromatic N) is 1. The monoisotopic (exact) mass is 262 g/mol. The van der Waals surface area contributed by atoms with E-state index in [1.54, 1.807) is 19.5 Å². The van der Waals surface area contributed by atoms with Crippen LogP contribution in [0, 0.1) is 0 Å². The fourth-order valence-corrected chi connectivity index (χ4v) is 1.53. The normalized spacial score (nSPS) is 11.3. The fraction of sp³-hybridized carbons (Fsp3) is 0.375. The molecule has 0 amide bonds. The molecule has 0 bridgehead atoms. The van der Waals surface area contributed by atoms with Crippen molar-refractivity contribution in [2.75, 3.05) is 24.9 Å². The Morgan fingerprint density at radius 3 is 2.69 bits per heavy atom. The molecule has 0 spiro atoms. The minimum absolute atomic E-state index is 0.488. The second-order valence-electron chi connectivity index (χ2n) is 3.27. The van der Waals surface area contributed by atoms with Gasteiger partial charge in [-0.2, -0.15) is 0 Å². The average Bonchev–Trinajstić information content (AvgIpc) is 2.02. The average molecular weight is 263 g/mol. The molecule has 0 atom stereocenters. The van der Waals surface area contributed by atoms with Gasteiger partial charge < -0.3 is 9.88 Å². The molecule has 3 nitrogen and oxygen atoms in total. The first-order chi connectivity index (χ1) is 5.97. The molecular weight excluding hydrogens is 251 g/mol. The third kappa shape index (κ3) is 4.44. The van der Waals surface area contributed by atoms with Crippen LogP contribution in [0.1, 0.15) is 0 Å². The van der Waals surface area contributed by atoms with Gasteiger partial charge in [0.05, 0.1) is 13.4 Å². The van der Waals surface area contributed by atoms with E-state index < -0.39 is 7.14 Å². The lowest BCUT2D eigenvalue weighted by Crippen LogP contribution is -2.02. The van der Waals surface area contributed by atoms with Crippen LogP contribution in [0.3, 0.4) is 0 Å². The van der Waals surface area contributed by atoms with Crippen molar-refractivity contribution in [1.82, 2.24) is 4.98 Å². The highest BCUT2D eigenvalue weighted by molar-refractivity contribution is 9.10. The van der Waals surface area contributed by atoms with Gasteiger partial charge in [0, 0.05) is 10.7 Å². The number of pyridine rings is 1. The largest absolute Gasteiger partial charge is 0.363 e. The number of aromatic nitrogens is 1.